The van der Waals surface area contributed by atoms with Gasteiger partial charge in [0.15, 0.2) is 0 Å². The number of rotatable bonds is 14. The molecule has 0 aliphatic heterocycles. The predicted octanol–water partition coefficient (Wildman–Crippen LogP) is 9.07. The standard InChI is InChI=1S/C29H42.Po/c1-3-5-7-9-11-17-23-29(24-18-12-10-8-6-4-2)27-21-15-13-19-25(27)26-20-14-16-22-28(26)29;/h13-16,19-22H,3-12,17-18,23-24H2,1-2H3;. The Morgan fingerprint density at radius 1 is 0.500 bits per heavy atom. The van der Waals surface area contributed by atoms with Crippen molar-refractivity contribution in [3.05, 3.63) is 59.7 Å². The van der Waals surface area contributed by atoms with Crippen LogP contribution in [0.3, 0.4) is 0 Å². The van der Waals surface area contributed by atoms with Crippen LogP contribution in [-0.2, 0) is 5.41 Å². The average molecular weight is 600 g/mol. The third-order valence-corrected chi connectivity index (χ3v) is 7.09. The van der Waals surface area contributed by atoms with Gasteiger partial charge in [0.1, 0.15) is 0 Å². The molecule has 30 heavy (non-hydrogen) atoms. The molecule has 0 bridgehead atoms. The topological polar surface area (TPSA) is 0 Å². The fourth-order valence-electron chi connectivity index (χ4n) is 5.49. The molecule has 3 rings (SSSR count). The van der Waals surface area contributed by atoms with Gasteiger partial charge in [0.05, 0.1) is 0 Å². The van der Waals surface area contributed by atoms with E-state index in [0.717, 1.165) is 0 Å². The second-order valence-corrected chi connectivity index (χ2v) is 9.21. The fraction of sp³-hybridized carbons (Fsp3) is 0.586. The maximum Gasteiger partial charge on any atom is 0.0215 e. The zero-order chi connectivity index (χ0) is 20.4. The zero-order valence-corrected chi connectivity index (χ0v) is 22.6. The molecule has 0 spiro atoms. The Bertz CT molecular complexity index is 669. The largest absolute Gasteiger partial charge is 0.0654 e. The minimum absolute atomic E-state index is 0. The first-order chi connectivity index (χ1) is 14.3. The van der Waals surface area contributed by atoms with E-state index in [4.69, 9.17) is 0 Å². The molecular formula is C29H42Po. The normalized spacial score (nSPS) is 13.5. The molecular weight excluding hydrogens is 557 g/mol. The van der Waals surface area contributed by atoms with Gasteiger partial charge in [-0.25, -0.2) is 0 Å². The average Bonchev–Trinajstić information content (AvgIpc) is 3.04. The van der Waals surface area contributed by atoms with E-state index in [-0.39, 0.29) is 32.0 Å². The van der Waals surface area contributed by atoms with Gasteiger partial charge in [0.25, 0.3) is 0 Å². The van der Waals surface area contributed by atoms with E-state index in [0.29, 0.717) is 0 Å². The summed E-state index contributed by atoms with van der Waals surface area (Å²) in [7, 11) is 0. The number of benzene rings is 2. The van der Waals surface area contributed by atoms with E-state index < -0.39 is 0 Å². The maximum atomic E-state index is 2.43. The molecule has 2 radical (unpaired) electrons. The van der Waals surface area contributed by atoms with Crippen LogP contribution >= 0.6 is 0 Å². The van der Waals surface area contributed by atoms with E-state index in [1.165, 1.54) is 101 Å². The molecule has 0 atom stereocenters. The van der Waals surface area contributed by atoms with Gasteiger partial charge >= 0.3 is 0 Å². The Labute approximate surface area is 205 Å². The SMILES string of the molecule is CCCCCCCCC1(CCCCCCCC)c2ccccc2-c2ccccc21.[Po]. The molecule has 0 fully saturated rings. The van der Waals surface area contributed by atoms with E-state index >= 15 is 0 Å². The minimum atomic E-state index is 0. The summed E-state index contributed by atoms with van der Waals surface area (Å²) in [6.07, 6.45) is 19.3. The summed E-state index contributed by atoms with van der Waals surface area (Å²) in [5.41, 5.74) is 6.48. The smallest absolute Gasteiger partial charge is 0.0215 e. The van der Waals surface area contributed by atoms with Crippen LogP contribution in [0.15, 0.2) is 48.5 Å². The first-order valence-electron chi connectivity index (χ1n) is 12.5. The van der Waals surface area contributed by atoms with Crippen molar-refractivity contribution in [1.29, 1.82) is 0 Å². The van der Waals surface area contributed by atoms with E-state index in [1.807, 2.05) is 0 Å². The zero-order valence-electron chi connectivity index (χ0n) is 19.4. The Morgan fingerprint density at radius 2 is 0.867 bits per heavy atom. The number of hydrogen-bond acceptors (Lipinski definition) is 0. The van der Waals surface area contributed by atoms with Crippen LogP contribution in [0.25, 0.3) is 11.1 Å². The first-order valence-corrected chi connectivity index (χ1v) is 12.5. The van der Waals surface area contributed by atoms with Gasteiger partial charge in [-0.3, -0.25) is 0 Å². The Hall–Kier alpha value is -0.664. The van der Waals surface area contributed by atoms with Crippen LogP contribution in [-0.4, -0.2) is 26.6 Å². The molecule has 2 aromatic rings. The van der Waals surface area contributed by atoms with E-state index in [1.54, 1.807) is 11.1 Å². The van der Waals surface area contributed by atoms with Crippen LogP contribution < -0.4 is 0 Å². The molecule has 0 unspecified atom stereocenters. The van der Waals surface area contributed by atoms with Gasteiger partial charge in [0, 0.05) is 32.0 Å². The molecule has 2 aromatic carbocycles. The van der Waals surface area contributed by atoms with Gasteiger partial charge in [-0.2, -0.15) is 0 Å². The van der Waals surface area contributed by atoms with Crippen molar-refractivity contribution in [3.8, 4) is 11.1 Å². The van der Waals surface area contributed by atoms with E-state index in [9.17, 15) is 0 Å². The van der Waals surface area contributed by atoms with E-state index in [2.05, 4.69) is 62.4 Å². The van der Waals surface area contributed by atoms with Gasteiger partial charge in [-0.1, -0.05) is 139 Å². The summed E-state index contributed by atoms with van der Waals surface area (Å²) in [4.78, 5) is 0. The maximum absolute atomic E-state index is 2.43. The molecule has 1 aliphatic carbocycles. The third kappa shape index (κ3) is 6.19. The van der Waals surface area contributed by atoms with Crippen molar-refractivity contribution in [2.75, 3.05) is 0 Å². The molecule has 0 nitrogen and oxygen atoms in total. The summed E-state index contributed by atoms with van der Waals surface area (Å²) in [6, 6.07) is 18.6. The molecule has 164 valence electrons. The van der Waals surface area contributed by atoms with Gasteiger partial charge in [-0.05, 0) is 35.1 Å². The summed E-state index contributed by atoms with van der Waals surface area (Å²) in [6.45, 7) is 4.61. The number of fused-ring (bicyclic) bond motifs is 3. The van der Waals surface area contributed by atoms with Crippen molar-refractivity contribution in [2.24, 2.45) is 0 Å². The Morgan fingerprint density at radius 3 is 1.30 bits per heavy atom. The molecule has 0 N–H and O–H groups in total. The van der Waals surface area contributed by atoms with Crippen molar-refractivity contribution in [2.45, 2.75) is 109 Å². The number of unbranched alkanes of at least 4 members (excludes halogenated alkanes) is 10. The minimum Gasteiger partial charge on any atom is -0.0654 e. The van der Waals surface area contributed by atoms with Crippen molar-refractivity contribution >= 4 is 26.6 Å². The van der Waals surface area contributed by atoms with Gasteiger partial charge < -0.3 is 0 Å². The summed E-state index contributed by atoms with van der Waals surface area (Å²) in [5.74, 6) is 0. The molecule has 0 saturated heterocycles. The van der Waals surface area contributed by atoms with Gasteiger partial charge in [0.2, 0.25) is 0 Å². The second-order valence-electron chi connectivity index (χ2n) is 9.21. The summed E-state index contributed by atoms with van der Waals surface area (Å²) >= 11 is 0. The van der Waals surface area contributed by atoms with Crippen molar-refractivity contribution in [1.82, 2.24) is 0 Å². The monoisotopic (exact) mass is 599 g/mol. The quantitative estimate of drug-likeness (QED) is 0.190. The Balaban J connectivity index is 0.00000320. The number of hydrogen-bond donors (Lipinski definition) is 0. The molecule has 1 aliphatic rings. The van der Waals surface area contributed by atoms with Crippen LogP contribution in [0, 0.1) is 0 Å². The molecule has 0 amide bonds. The molecule has 0 saturated carbocycles. The van der Waals surface area contributed by atoms with Crippen LogP contribution in [0.2, 0.25) is 0 Å². The van der Waals surface area contributed by atoms with Crippen molar-refractivity contribution < 1.29 is 0 Å². The molecule has 0 aromatic heterocycles. The van der Waals surface area contributed by atoms with Crippen LogP contribution in [0.4, 0.5) is 0 Å². The van der Waals surface area contributed by atoms with Crippen molar-refractivity contribution in [3.63, 3.8) is 0 Å². The second kappa shape index (κ2) is 13.7. The summed E-state index contributed by atoms with van der Waals surface area (Å²) < 4.78 is 0. The third-order valence-electron chi connectivity index (χ3n) is 7.09. The van der Waals surface area contributed by atoms with Gasteiger partial charge in [-0.15, -0.1) is 0 Å². The first kappa shape index (κ1) is 25.6. The molecule has 1 heteroatoms. The predicted molar refractivity (Wildman–Crippen MR) is 134 cm³/mol. The fourth-order valence-corrected chi connectivity index (χ4v) is 5.49. The van der Waals surface area contributed by atoms with Crippen LogP contribution in [0.5, 0.6) is 0 Å². The van der Waals surface area contributed by atoms with Crippen LogP contribution in [0.1, 0.15) is 115 Å². The molecule has 0 heterocycles. The Kier molecular flexibility index (Phi) is 11.7. The summed E-state index contributed by atoms with van der Waals surface area (Å²) in [5, 5.41) is 0.